The second-order valence-electron chi connectivity index (χ2n) is 8.86. The van der Waals surface area contributed by atoms with Crippen LogP contribution in [-0.2, 0) is 13.0 Å². The molecule has 0 radical (unpaired) electrons. The molecule has 3 aromatic rings. The van der Waals surface area contributed by atoms with Crippen molar-refractivity contribution in [2.45, 2.75) is 50.7 Å². The number of rotatable bonds is 4. The van der Waals surface area contributed by atoms with E-state index in [9.17, 15) is 14.0 Å². The van der Waals surface area contributed by atoms with Crippen LogP contribution in [0.2, 0.25) is 5.02 Å². The maximum Gasteiger partial charge on any atom is 0.280 e. The number of amides is 2. The van der Waals surface area contributed by atoms with Gasteiger partial charge in [-0.25, -0.2) is 9.37 Å². The highest BCUT2D eigenvalue weighted by molar-refractivity contribution is 7.13. The van der Waals surface area contributed by atoms with Gasteiger partial charge in [0.2, 0.25) is 0 Å². The van der Waals surface area contributed by atoms with E-state index in [4.69, 9.17) is 11.6 Å². The standard InChI is InChI=1S/C23H25ClFN5O2S/c1-30-7-6-17-20(11-30)33-23(29-17)22(32)28-16-5-3-2-4-15(16)27-21(31)19-9-12-8-13(24)14(25)10-18(12)26-19/h8-10,15-16,26H,2-7,11H2,1H3,(H,27,31)(H,28,32). The number of carbonyl (C=O) groups excluding carboxylic acids is 2. The molecule has 10 heteroatoms. The Kier molecular flexibility index (Phi) is 6.11. The van der Waals surface area contributed by atoms with Gasteiger partial charge >= 0.3 is 0 Å². The van der Waals surface area contributed by atoms with E-state index < -0.39 is 5.82 Å². The first kappa shape index (κ1) is 22.3. The molecule has 1 aliphatic carbocycles. The van der Waals surface area contributed by atoms with Crippen molar-refractivity contribution in [1.29, 1.82) is 0 Å². The number of aromatic nitrogens is 2. The minimum Gasteiger partial charge on any atom is -0.350 e. The van der Waals surface area contributed by atoms with Crippen LogP contribution in [0.1, 0.15) is 56.5 Å². The van der Waals surface area contributed by atoms with Gasteiger partial charge in [0.1, 0.15) is 11.5 Å². The Balaban J connectivity index is 1.28. The first-order valence-electron chi connectivity index (χ1n) is 11.1. The summed E-state index contributed by atoms with van der Waals surface area (Å²) in [5.74, 6) is -1.01. The predicted octanol–water partition coefficient (Wildman–Crippen LogP) is 3.88. The highest BCUT2D eigenvalue weighted by Crippen LogP contribution is 2.26. The number of likely N-dealkylation sites (N-methyl/N-ethyl adjacent to an activating group) is 1. The predicted molar refractivity (Wildman–Crippen MR) is 126 cm³/mol. The zero-order valence-electron chi connectivity index (χ0n) is 18.2. The molecule has 2 unspecified atom stereocenters. The van der Waals surface area contributed by atoms with Crippen molar-refractivity contribution in [2.24, 2.45) is 0 Å². The average Bonchev–Trinajstić information content (AvgIpc) is 3.39. The van der Waals surface area contributed by atoms with Crippen LogP contribution in [0.25, 0.3) is 10.9 Å². The quantitative estimate of drug-likeness (QED) is 0.519. The number of carbonyl (C=O) groups is 2. The monoisotopic (exact) mass is 489 g/mol. The lowest BCUT2D eigenvalue weighted by Crippen LogP contribution is -2.53. The molecular formula is C23H25ClFN5O2S. The molecule has 5 rings (SSSR count). The third kappa shape index (κ3) is 4.62. The molecule has 2 amide bonds. The maximum absolute atomic E-state index is 13.7. The largest absolute Gasteiger partial charge is 0.350 e. The molecule has 2 aromatic heterocycles. The van der Waals surface area contributed by atoms with E-state index in [2.05, 4.69) is 32.5 Å². The third-order valence-corrected chi connectivity index (χ3v) is 7.79. The Morgan fingerprint density at radius 3 is 2.67 bits per heavy atom. The normalized spacial score (nSPS) is 21.1. The fourth-order valence-electron chi connectivity index (χ4n) is 4.62. The smallest absolute Gasteiger partial charge is 0.280 e. The molecule has 1 aromatic carbocycles. The van der Waals surface area contributed by atoms with Crippen LogP contribution < -0.4 is 10.6 Å². The van der Waals surface area contributed by atoms with Crippen LogP contribution in [0.15, 0.2) is 18.2 Å². The summed E-state index contributed by atoms with van der Waals surface area (Å²) in [6.07, 6.45) is 4.38. The van der Waals surface area contributed by atoms with E-state index in [1.165, 1.54) is 23.5 Å². The van der Waals surface area contributed by atoms with Crippen LogP contribution in [-0.4, -0.2) is 52.4 Å². The molecule has 0 saturated heterocycles. The molecule has 1 saturated carbocycles. The van der Waals surface area contributed by atoms with Crippen LogP contribution in [0.4, 0.5) is 4.39 Å². The average molecular weight is 490 g/mol. The number of benzene rings is 1. The lowest BCUT2D eigenvalue weighted by atomic mass is 9.90. The van der Waals surface area contributed by atoms with E-state index in [1.54, 1.807) is 6.07 Å². The van der Waals surface area contributed by atoms with Gasteiger partial charge in [0.15, 0.2) is 5.01 Å². The van der Waals surface area contributed by atoms with Gasteiger partial charge in [0, 0.05) is 47.4 Å². The summed E-state index contributed by atoms with van der Waals surface area (Å²) >= 11 is 7.31. The van der Waals surface area contributed by atoms with E-state index >= 15 is 0 Å². The molecule has 2 aliphatic rings. The zero-order chi connectivity index (χ0) is 23.1. The Labute approximate surface area is 199 Å². The second-order valence-corrected chi connectivity index (χ2v) is 10.3. The number of nitrogens with one attached hydrogen (secondary N) is 3. The van der Waals surface area contributed by atoms with Gasteiger partial charge in [0.05, 0.1) is 10.7 Å². The van der Waals surface area contributed by atoms with Crippen LogP contribution >= 0.6 is 22.9 Å². The lowest BCUT2D eigenvalue weighted by molar-refractivity contribution is 0.0860. The summed E-state index contributed by atoms with van der Waals surface area (Å²) in [5, 5.41) is 7.32. The Morgan fingerprint density at radius 2 is 1.91 bits per heavy atom. The summed E-state index contributed by atoms with van der Waals surface area (Å²) in [6, 6.07) is 4.07. The van der Waals surface area contributed by atoms with E-state index in [1.807, 2.05) is 0 Å². The molecule has 3 N–H and O–H groups in total. The number of halogens is 2. The SMILES string of the molecule is CN1CCc2nc(C(=O)NC3CCCCC3NC(=O)c3cc4cc(Cl)c(F)cc4[nH]3)sc2C1. The molecule has 0 bridgehead atoms. The van der Waals surface area contributed by atoms with E-state index in [0.717, 1.165) is 55.8 Å². The van der Waals surface area contributed by atoms with Crippen LogP contribution in [0.3, 0.4) is 0 Å². The van der Waals surface area contributed by atoms with Crippen molar-refractivity contribution < 1.29 is 14.0 Å². The number of hydrogen-bond donors (Lipinski definition) is 3. The number of hydrogen-bond acceptors (Lipinski definition) is 5. The summed E-state index contributed by atoms with van der Waals surface area (Å²) < 4.78 is 13.7. The van der Waals surface area contributed by atoms with Crippen molar-refractivity contribution in [3.8, 4) is 0 Å². The topological polar surface area (TPSA) is 90.1 Å². The second kappa shape index (κ2) is 9.04. The fourth-order valence-corrected chi connectivity index (χ4v) is 5.89. The summed E-state index contributed by atoms with van der Waals surface area (Å²) in [7, 11) is 2.07. The highest BCUT2D eigenvalue weighted by atomic mass is 35.5. The van der Waals surface area contributed by atoms with Crippen LogP contribution in [0.5, 0.6) is 0 Å². The fraction of sp³-hybridized carbons (Fsp3) is 0.435. The molecule has 2 atom stereocenters. The highest BCUT2D eigenvalue weighted by Gasteiger charge is 2.30. The van der Waals surface area contributed by atoms with E-state index in [-0.39, 0.29) is 28.9 Å². The number of nitrogens with zero attached hydrogens (tertiary/aromatic N) is 2. The van der Waals surface area contributed by atoms with E-state index in [0.29, 0.717) is 21.6 Å². The number of thiazole rings is 1. The number of aromatic amines is 1. The van der Waals surface area contributed by atoms with Crippen molar-refractivity contribution in [1.82, 2.24) is 25.5 Å². The molecule has 1 fully saturated rings. The molecule has 3 heterocycles. The summed E-state index contributed by atoms with van der Waals surface area (Å²) in [4.78, 5) is 36.8. The molecular weight excluding hydrogens is 465 g/mol. The molecule has 174 valence electrons. The summed E-state index contributed by atoms with van der Waals surface area (Å²) in [5.41, 5.74) is 1.86. The summed E-state index contributed by atoms with van der Waals surface area (Å²) in [6.45, 7) is 1.77. The Hall–Kier alpha value is -2.49. The van der Waals surface area contributed by atoms with Gasteiger partial charge in [0.25, 0.3) is 11.8 Å². The van der Waals surface area contributed by atoms with Crippen molar-refractivity contribution in [3.05, 3.63) is 50.3 Å². The number of fused-ring (bicyclic) bond motifs is 2. The minimum atomic E-state index is -0.538. The van der Waals surface area contributed by atoms with Gasteiger partial charge in [-0.05, 0) is 38.1 Å². The van der Waals surface area contributed by atoms with Gasteiger partial charge < -0.3 is 20.5 Å². The minimum absolute atomic E-state index is 0.0130. The first-order valence-corrected chi connectivity index (χ1v) is 12.3. The first-order chi connectivity index (χ1) is 15.9. The van der Waals surface area contributed by atoms with Crippen molar-refractivity contribution in [2.75, 3.05) is 13.6 Å². The van der Waals surface area contributed by atoms with Gasteiger partial charge in [-0.2, -0.15) is 0 Å². The molecule has 33 heavy (non-hydrogen) atoms. The molecule has 1 aliphatic heterocycles. The van der Waals surface area contributed by atoms with Crippen LogP contribution in [0, 0.1) is 5.82 Å². The van der Waals surface area contributed by atoms with Gasteiger partial charge in [-0.1, -0.05) is 24.4 Å². The van der Waals surface area contributed by atoms with Crippen molar-refractivity contribution in [3.63, 3.8) is 0 Å². The van der Waals surface area contributed by atoms with Gasteiger partial charge in [-0.15, -0.1) is 11.3 Å². The molecule has 7 nitrogen and oxygen atoms in total. The lowest BCUT2D eigenvalue weighted by Gasteiger charge is -2.32. The zero-order valence-corrected chi connectivity index (χ0v) is 19.8. The Bertz CT molecular complexity index is 1190. The van der Waals surface area contributed by atoms with Crippen molar-refractivity contribution >= 4 is 45.7 Å². The Morgan fingerprint density at radius 1 is 1.18 bits per heavy atom. The van der Waals surface area contributed by atoms with Gasteiger partial charge in [-0.3, -0.25) is 9.59 Å². The molecule has 0 spiro atoms. The number of H-pyrrole nitrogens is 1. The third-order valence-electron chi connectivity index (χ3n) is 6.42. The maximum atomic E-state index is 13.7.